The van der Waals surface area contributed by atoms with Crippen LogP contribution in [0, 0.1) is 24.0 Å². The van der Waals surface area contributed by atoms with E-state index in [-0.39, 0.29) is 24.6 Å². The summed E-state index contributed by atoms with van der Waals surface area (Å²) < 4.78 is 5.50. The number of methoxy groups -OCH3 is 1. The molecular weight excluding hydrogens is 464 g/mol. The lowest BCUT2D eigenvalue weighted by atomic mass is 10.1. The number of hydrogen-bond acceptors (Lipinski definition) is 10. The van der Waals surface area contributed by atoms with Crippen LogP contribution in [0.5, 0.6) is 5.75 Å². The summed E-state index contributed by atoms with van der Waals surface area (Å²) >= 11 is 0. The highest BCUT2D eigenvalue weighted by atomic mass is 16.6. The Hall–Kier alpha value is -4.22. The molecule has 0 aliphatic carbocycles. The summed E-state index contributed by atoms with van der Waals surface area (Å²) in [7, 11) is 1.54. The van der Waals surface area contributed by atoms with Crippen LogP contribution in [0.4, 0.5) is 34.1 Å². The van der Waals surface area contributed by atoms with E-state index in [9.17, 15) is 20.3 Å². The predicted molar refractivity (Wildman–Crippen MR) is 140 cm³/mol. The highest BCUT2D eigenvalue weighted by Gasteiger charge is 2.14. The fraction of sp³-hybridized carbons (Fsp3) is 0.280. The van der Waals surface area contributed by atoms with Crippen LogP contribution in [0.1, 0.15) is 11.1 Å². The van der Waals surface area contributed by atoms with Crippen molar-refractivity contribution in [3.8, 4) is 5.75 Å². The van der Waals surface area contributed by atoms with Gasteiger partial charge >= 0.3 is 0 Å². The summed E-state index contributed by atoms with van der Waals surface area (Å²) in [5.41, 5.74) is 10.7. The second-order valence-corrected chi connectivity index (χ2v) is 8.02. The number of aryl methyl sites for hydroxylation is 2. The van der Waals surface area contributed by atoms with Crippen LogP contribution >= 0.6 is 0 Å². The van der Waals surface area contributed by atoms with Crippen LogP contribution in [0.25, 0.3) is 0 Å². The SMILES string of the molecule is COc1cc(N=Nc2ccc(C)cc2[N+](=O)[O-])c(C)cc1NNc1ccc(N(CCO)CCO)cc1. The highest BCUT2D eigenvalue weighted by Crippen LogP contribution is 2.35. The molecule has 0 aromatic heterocycles. The van der Waals surface area contributed by atoms with Crippen molar-refractivity contribution in [2.75, 3.05) is 49.2 Å². The minimum absolute atomic E-state index is 0.00181. The van der Waals surface area contributed by atoms with Crippen LogP contribution in [0.2, 0.25) is 0 Å². The van der Waals surface area contributed by atoms with Crippen molar-refractivity contribution in [1.82, 2.24) is 0 Å². The predicted octanol–water partition coefficient (Wildman–Crippen LogP) is 4.87. The number of aliphatic hydroxyl groups is 2. The second-order valence-electron chi connectivity index (χ2n) is 8.02. The Morgan fingerprint density at radius 1 is 0.944 bits per heavy atom. The molecule has 3 aromatic rings. The van der Waals surface area contributed by atoms with Gasteiger partial charge in [0, 0.05) is 30.9 Å². The maximum atomic E-state index is 11.3. The molecule has 4 N–H and O–H groups in total. The summed E-state index contributed by atoms with van der Waals surface area (Å²) in [5.74, 6) is 0.508. The monoisotopic (exact) mass is 494 g/mol. The molecule has 0 amide bonds. The van der Waals surface area contributed by atoms with Gasteiger partial charge in [-0.2, -0.15) is 0 Å². The molecular formula is C25H30N6O5. The van der Waals surface area contributed by atoms with Gasteiger partial charge in [0.2, 0.25) is 0 Å². The molecule has 3 rings (SSSR count). The van der Waals surface area contributed by atoms with Gasteiger partial charge in [-0.25, -0.2) is 0 Å². The van der Waals surface area contributed by atoms with Crippen molar-refractivity contribution in [1.29, 1.82) is 0 Å². The minimum atomic E-state index is -0.475. The molecule has 36 heavy (non-hydrogen) atoms. The number of azo groups is 1. The number of hydrazine groups is 1. The third-order valence-electron chi connectivity index (χ3n) is 5.42. The molecule has 0 saturated heterocycles. The normalized spacial score (nSPS) is 10.9. The Bertz CT molecular complexity index is 1210. The van der Waals surface area contributed by atoms with Gasteiger partial charge in [0.25, 0.3) is 5.69 Å². The number of aliphatic hydroxyl groups excluding tert-OH is 2. The van der Waals surface area contributed by atoms with Gasteiger partial charge in [0.1, 0.15) is 5.75 Å². The zero-order valence-electron chi connectivity index (χ0n) is 20.4. The second kappa shape index (κ2) is 12.5. The van der Waals surface area contributed by atoms with Crippen LogP contribution in [0.15, 0.2) is 64.8 Å². The number of benzene rings is 3. The van der Waals surface area contributed by atoms with Gasteiger partial charge in [0.05, 0.1) is 42.3 Å². The number of nitrogens with one attached hydrogen (secondary N) is 2. The molecule has 0 spiro atoms. The first kappa shape index (κ1) is 26.4. The summed E-state index contributed by atoms with van der Waals surface area (Å²) in [4.78, 5) is 12.8. The lowest BCUT2D eigenvalue weighted by Gasteiger charge is -2.23. The Balaban J connectivity index is 1.75. The third-order valence-corrected chi connectivity index (χ3v) is 5.42. The van der Waals surface area contributed by atoms with Gasteiger partial charge in [-0.05, 0) is 61.4 Å². The van der Waals surface area contributed by atoms with Crippen molar-refractivity contribution in [2.24, 2.45) is 10.2 Å². The lowest BCUT2D eigenvalue weighted by Crippen LogP contribution is -2.29. The quantitative estimate of drug-likeness (QED) is 0.159. The van der Waals surface area contributed by atoms with E-state index in [1.165, 1.54) is 13.2 Å². The number of nitro benzene ring substituents is 1. The topological polar surface area (TPSA) is 145 Å². The molecule has 0 aliphatic rings. The van der Waals surface area contributed by atoms with E-state index in [1.54, 1.807) is 25.1 Å². The summed E-state index contributed by atoms with van der Waals surface area (Å²) in [5, 5.41) is 38.1. The summed E-state index contributed by atoms with van der Waals surface area (Å²) in [6.07, 6.45) is 0. The molecule has 190 valence electrons. The molecule has 0 bridgehead atoms. The van der Waals surface area contributed by atoms with Crippen LogP contribution in [-0.2, 0) is 0 Å². The first-order valence-electron chi connectivity index (χ1n) is 11.3. The molecule has 11 heteroatoms. The minimum Gasteiger partial charge on any atom is -0.494 e. The van der Waals surface area contributed by atoms with E-state index in [4.69, 9.17) is 4.74 Å². The Kier molecular flexibility index (Phi) is 9.14. The van der Waals surface area contributed by atoms with E-state index in [1.807, 2.05) is 42.2 Å². The van der Waals surface area contributed by atoms with Crippen molar-refractivity contribution in [3.05, 3.63) is 75.8 Å². The Morgan fingerprint density at radius 3 is 2.22 bits per heavy atom. The average molecular weight is 495 g/mol. The third kappa shape index (κ3) is 6.68. The number of nitrogens with zero attached hydrogens (tertiary/aromatic N) is 4. The largest absolute Gasteiger partial charge is 0.494 e. The van der Waals surface area contributed by atoms with E-state index in [0.29, 0.717) is 30.2 Å². The number of ether oxygens (including phenoxy) is 1. The number of hydrogen-bond donors (Lipinski definition) is 4. The molecule has 3 aromatic carbocycles. The number of anilines is 3. The fourth-order valence-corrected chi connectivity index (χ4v) is 3.53. The van der Waals surface area contributed by atoms with E-state index in [0.717, 1.165) is 22.5 Å². The highest BCUT2D eigenvalue weighted by molar-refractivity contribution is 5.68. The molecule has 0 fully saturated rings. The standard InChI is InChI=1S/C25H30N6O5/c1-17-4-9-21(24(14-17)31(34)35)27-28-22-16-25(36-3)23(15-18(22)2)29-26-19-5-7-20(8-6-19)30(10-12-32)11-13-33/h4-9,14-16,26,29,32-33H,10-13H2,1-3H3. The molecule has 0 aliphatic heterocycles. The first-order chi connectivity index (χ1) is 17.4. The van der Waals surface area contributed by atoms with Crippen molar-refractivity contribution >= 4 is 34.1 Å². The zero-order valence-corrected chi connectivity index (χ0v) is 20.4. The summed E-state index contributed by atoms with van der Waals surface area (Å²) in [6, 6.07) is 15.9. The van der Waals surface area contributed by atoms with E-state index < -0.39 is 4.92 Å². The molecule has 0 radical (unpaired) electrons. The van der Waals surface area contributed by atoms with Crippen molar-refractivity contribution in [3.63, 3.8) is 0 Å². The van der Waals surface area contributed by atoms with E-state index >= 15 is 0 Å². The smallest absolute Gasteiger partial charge is 0.296 e. The lowest BCUT2D eigenvalue weighted by molar-refractivity contribution is -0.384. The van der Waals surface area contributed by atoms with Gasteiger partial charge in [-0.1, -0.05) is 6.07 Å². The van der Waals surface area contributed by atoms with Crippen molar-refractivity contribution in [2.45, 2.75) is 13.8 Å². The van der Waals surface area contributed by atoms with Crippen LogP contribution in [0.3, 0.4) is 0 Å². The first-order valence-corrected chi connectivity index (χ1v) is 11.3. The summed E-state index contributed by atoms with van der Waals surface area (Å²) in [6.45, 7) is 4.50. The number of rotatable bonds is 12. The van der Waals surface area contributed by atoms with E-state index in [2.05, 4.69) is 21.1 Å². The molecule has 0 unspecified atom stereocenters. The van der Waals surface area contributed by atoms with Gasteiger partial charge in [-0.15, -0.1) is 10.2 Å². The zero-order chi connectivity index (χ0) is 26.1. The molecule has 0 atom stereocenters. The average Bonchev–Trinajstić information content (AvgIpc) is 2.87. The van der Waals surface area contributed by atoms with Gasteiger partial charge in [0.15, 0.2) is 5.69 Å². The van der Waals surface area contributed by atoms with Crippen LogP contribution in [-0.4, -0.2) is 48.5 Å². The van der Waals surface area contributed by atoms with Crippen LogP contribution < -0.4 is 20.5 Å². The molecule has 11 nitrogen and oxygen atoms in total. The Labute approximate surface area is 209 Å². The molecule has 0 heterocycles. The Morgan fingerprint density at radius 2 is 1.61 bits per heavy atom. The van der Waals surface area contributed by atoms with Gasteiger partial charge < -0.3 is 25.3 Å². The maximum Gasteiger partial charge on any atom is 0.296 e. The van der Waals surface area contributed by atoms with Gasteiger partial charge in [-0.3, -0.25) is 15.5 Å². The molecule has 0 saturated carbocycles. The maximum absolute atomic E-state index is 11.3. The fourth-order valence-electron chi connectivity index (χ4n) is 3.53. The van der Waals surface area contributed by atoms with Crippen molar-refractivity contribution < 1.29 is 19.9 Å². The number of nitro groups is 1.